The second-order valence-electron chi connectivity index (χ2n) is 5.03. The maximum Gasteiger partial charge on any atom is 0.276 e. The lowest BCUT2D eigenvalue weighted by atomic mass is 10.1. The van der Waals surface area contributed by atoms with Crippen LogP contribution in [0.1, 0.15) is 21.5 Å². The summed E-state index contributed by atoms with van der Waals surface area (Å²) in [4.78, 5) is 23.6. The summed E-state index contributed by atoms with van der Waals surface area (Å²) in [5.41, 5.74) is 7.00. The first-order valence-electron chi connectivity index (χ1n) is 7.01. The number of carbonyl (C=O) groups excluding carboxylic acids is 2. The Bertz CT molecular complexity index is 694. The SMILES string of the molecule is Cc1cc(Br)cc(C)c1OCC(=O)NNC(=O)c1ccccc1. The van der Waals surface area contributed by atoms with E-state index in [0.717, 1.165) is 15.6 Å². The number of halogens is 1. The number of rotatable bonds is 4. The highest BCUT2D eigenvalue weighted by Crippen LogP contribution is 2.27. The van der Waals surface area contributed by atoms with E-state index in [1.807, 2.05) is 32.0 Å². The van der Waals surface area contributed by atoms with Crippen LogP contribution in [-0.2, 0) is 4.79 Å². The Morgan fingerprint density at radius 1 is 1.04 bits per heavy atom. The summed E-state index contributed by atoms with van der Waals surface area (Å²) in [5.74, 6) is -0.149. The third kappa shape index (κ3) is 4.82. The van der Waals surface area contributed by atoms with Gasteiger partial charge in [0.15, 0.2) is 6.61 Å². The molecule has 2 rings (SSSR count). The number of benzene rings is 2. The molecule has 0 saturated carbocycles. The zero-order valence-electron chi connectivity index (χ0n) is 12.9. The highest BCUT2D eigenvalue weighted by atomic mass is 79.9. The Labute approximate surface area is 143 Å². The first kappa shape index (κ1) is 17.0. The van der Waals surface area contributed by atoms with Gasteiger partial charge >= 0.3 is 0 Å². The second kappa shape index (κ2) is 7.78. The molecule has 23 heavy (non-hydrogen) atoms. The monoisotopic (exact) mass is 376 g/mol. The average molecular weight is 377 g/mol. The van der Waals surface area contributed by atoms with Crippen molar-refractivity contribution in [2.24, 2.45) is 0 Å². The number of ether oxygens (including phenoxy) is 1. The Morgan fingerprint density at radius 2 is 1.65 bits per heavy atom. The van der Waals surface area contributed by atoms with E-state index >= 15 is 0 Å². The third-order valence-corrected chi connectivity index (χ3v) is 3.58. The lowest BCUT2D eigenvalue weighted by Gasteiger charge is -2.13. The summed E-state index contributed by atoms with van der Waals surface area (Å²) in [6, 6.07) is 12.5. The molecule has 0 atom stereocenters. The number of carbonyl (C=O) groups is 2. The first-order chi connectivity index (χ1) is 11.0. The minimum absolute atomic E-state index is 0.182. The van der Waals surface area contributed by atoms with Crippen LogP contribution < -0.4 is 15.6 Å². The topological polar surface area (TPSA) is 67.4 Å². The minimum Gasteiger partial charge on any atom is -0.483 e. The van der Waals surface area contributed by atoms with Gasteiger partial charge in [0.05, 0.1) is 0 Å². The smallest absolute Gasteiger partial charge is 0.276 e. The van der Waals surface area contributed by atoms with Crippen LogP contribution in [0.25, 0.3) is 0 Å². The summed E-state index contributed by atoms with van der Waals surface area (Å²) in [6.07, 6.45) is 0. The molecule has 2 N–H and O–H groups in total. The number of hydrogen-bond acceptors (Lipinski definition) is 3. The molecule has 0 aromatic heterocycles. The number of amides is 2. The van der Waals surface area contributed by atoms with E-state index in [1.165, 1.54) is 0 Å². The van der Waals surface area contributed by atoms with Gasteiger partial charge in [-0.1, -0.05) is 34.1 Å². The summed E-state index contributed by atoms with van der Waals surface area (Å²) in [6.45, 7) is 3.63. The lowest BCUT2D eigenvalue weighted by molar-refractivity contribution is -0.123. The van der Waals surface area contributed by atoms with Crippen molar-refractivity contribution in [3.63, 3.8) is 0 Å². The van der Waals surface area contributed by atoms with Crippen LogP contribution in [0.5, 0.6) is 5.75 Å². The van der Waals surface area contributed by atoms with E-state index < -0.39 is 5.91 Å². The van der Waals surface area contributed by atoms with Crippen molar-refractivity contribution < 1.29 is 14.3 Å². The van der Waals surface area contributed by atoms with Gasteiger partial charge in [0.2, 0.25) is 0 Å². The minimum atomic E-state index is -0.434. The predicted octanol–water partition coefficient (Wildman–Crippen LogP) is 2.91. The normalized spacial score (nSPS) is 10.0. The van der Waals surface area contributed by atoms with E-state index in [-0.39, 0.29) is 12.5 Å². The molecule has 0 aliphatic heterocycles. The largest absolute Gasteiger partial charge is 0.483 e. The molecule has 6 heteroatoms. The van der Waals surface area contributed by atoms with Crippen LogP contribution in [0.4, 0.5) is 0 Å². The van der Waals surface area contributed by atoms with Crippen molar-refractivity contribution in [3.8, 4) is 5.75 Å². The molecule has 0 fully saturated rings. The molecule has 0 spiro atoms. The Hall–Kier alpha value is -2.34. The molecule has 2 aromatic rings. The molecule has 120 valence electrons. The summed E-state index contributed by atoms with van der Waals surface area (Å²) < 4.78 is 6.50. The molecular weight excluding hydrogens is 360 g/mol. The molecule has 0 bridgehead atoms. The van der Waals surface area contributed by atoms with Crippen LogP contribution in [0.15, 0.2) is 46.9 Å². The second-order valence-corrected chi connectivity index (χ2v) is 5.94. The molecule has 5 nitrogen and oxygen atoms in total. The van der Waals surface area contributed by atoms with Crippen LogP contribution in [-0.4, -0.2) is 18.4 Å². The van der Waals surface area contributed by atoms with Gasteiger partial charge in [0.1, 0.15) is 5.75 Å². The van der Waals surface area contributed by atoms with E-state index in [9.17, 15) is 9.59 Å². The molecule has 0 heterocycles. The highest BCUT2D eigenvalue weighted by molar-refractivity contribution is 9.10. The van der Waals surface area contributed by atoms with Gasteiger partial charge in [0.25, 0.3) is 11.8 Å². The Balaban J connectivity index is 1.85. The fraction of sp³-hybridized carbons (Fsp3) is 0.176. The Kier molecular flexibility index (Phi) is 5.76. The third-order valence-electron chi connectivity index (χ3n) is 3.12. The molecular formula is C17H17BrN2O3. The van der Waals surface area contributed by atoms with Gasteiger partial charge < -0.3 is 4.74 Å². The van der Waals surface area contributed by atoms with Gasteiger partial charge in [-0.25, -0.2) is 0 Å². The van der Waals surface area contributed by atoms with Crippen molar-refractivity contribution in [1.82, 2.24) is 10.9 Å². The van der Waals surface area contributed by atoms with Crippen molar-refractivity contribution in [2.45, 2.75) is 13.8 Å². The maximum absolute atomic E-state index is 11.8. The standard InChI is InChI=1S/C17H17BrN2O3/c1-11-8-14(18)9-12(2)16(11)23-10-15(21)19-20-17(22)13-6-4-3-5-7-13/h3-9H,10H2,1-2H3,(H,19,21)(H,20,22). The summed E-state index contributed by atoms with van der Waals surface area (Å²) in [7, 11) is 0. The summed E-state index contributed by atoms with van der Waals surface area (Å²) >= 11 is 3.41. The zero-order chi connectivity index (χ0) is 16.8. The van der Waals surface area contributed by atoms with Gasteiger partial charge in [-0.05, 0) is 49.2 Å². The van der Waals surface area contributed by atoms with E-state index in [0.29, 0.717) is 11.3 Å². The molecule has 0 aliphatic rings. The van der Waals surface area contributed by atoms with Gasteiger partial charge in [0, 0.05) is 10.0 Å². The number of nitrogens with one attached hydrogen (secondary N) is 2. The molecule has 2 amide bonds. The fourth-order valence-electron chi connectivity index (χ4n) is 2.09. The van der Waals surface area contributed by atoms with Crippen molar-refractivity contribution in [1.29, 1.82) is 0 Å². The molecule has 0 aliphatic carbocycles. The van der Waals surface area contributed by atoms with Gasteiger partial charge in [-0.2, -0.15) is 0 Å². The first-order valence-corrected chi connectivity index (χ1v) is 7.80. The van der Waals surface area contributed by atoms with Crippen molar-refractivity contribution >= 4 is 27.7 Å². The molecule has 0 unspecified atom stereocenters. The van der Waals surface area contributed by atoms with E-state index in [4.69, 9.17) is 4.74 Å². The number of aryl methyl sites for hydroxylation is 2. The van der Waals surface area contributed by atoms with Crippen molar-refractivity contribution in [3.05, 3.63) is 63.6 Å². The van der Waals surface area contributed by atoms with Crippen molar-refractivity contribution in [2.75, 3.05) is 6.61 Å². The Morgan fingerprint density at radius 3 is 2.26 bits per heavy atom. The average Bonchev–Trinajstić information content (AvgIpc) is 2.52. The zero-order valence-corrected chi connectivity index (χ0v) is 14.4. The van der Waals surface area contributed by atoms with Crippen LogP contribution in [0.2, 0.25) is 0 Å². The molecule has 0 radical (unpaired) electrons. The van der Waals surface area contributed by atoms with E-state index in [1.54, 1.807) is 24.3 Å². The van der Waals surface area contributed by atoms with E-state index in [2.05, 4.69) is 26.8 Å². The van der Waals surface area contributed by atoms with Crippen LogP contribution >= 0.6 is 15.9 Å². The number of hydrogen-bond donors (Lipinski definition) is 2. The van der Waals surface area contributed by atoms with Crippen LogP contribution in [0, 0.1) is 13.8 Å². The maximum atomic E-state index is 11.8. The van der Waals surface area contributed by atoms with Gasteiger partial charge in [-0.15, -0.1) is 0 Å². The number of hydrazine groups is 1. The van der Waals surface area contributed by atoms with Gasteiger partial charge in [-0.3, -0.25) is 20.4 Å². The summed E-state index contributed by atoms with van der Waals surface area (Å²) in [5, 5.41) is 0. The fourth-order valence-corrected chi connectivity index (χ4v) is 2.77. The molecule has 2 aromatic carbocycles. The quantitative estimate of drug-likeness (QED) is 0.806. The molecule has 0 saturated heterocycles. The lowest BCUT2D eigenvalue weighted by Crippen LogP contribution is -2.43. The van der Waals surface area contributed by atoms with Crippen LogP contribution in [0.3, 0.4) is 0 Å². The highest BCUT2D eigenvalue weighted by Gasteiger charge is 2.10. The predicted molar refractivity (Wildman–Crippen MR) is 91.2 cm³/mol.